The summed E-state index contributed by atoms with van der Waals surface area (Å²) in [5, 5.41) is 0. The Bertz CT molecular complexity index is 814. The maximum Gasteiger partial charge on any atom is 0.153 e. The molecule has 1 aromatic heterocycles. The number of fused-ring (bicyclic) bond motifs is 1. The lowest BCUT2D eigenvalue weighted by Crippen LogP contribution is -2.02. The van der Waals surface area contributed by atoms with E-state index in [4.69, 9.17) is 11.6 Å². The number of benzene rings is 2. The molecule has 2 aromatic carbocycles. The summed E-state index contributed by atoms with van der Waals surface area (Å²) in [5.74, 6) is -1.19. The predicted octanol–water partition coefficient (Wildman–Crippen LogP) is 4.22. The van der Waals surface area contributed by atoms with Crippen LogP contribution in [0.2, 0.25) is 0 Å². The molecular formula is C15H10ClF3N2. The second-order valence-electron chi connectivity index (χ2n) is 4.54. The maximum atomic E-state index is 13.9. The standard InChI is InChI=1S/C15H10ClF3N2/c16-5-4-14-20-15-12(19)7-10(18)8-13(15)21(14)11-3-1-2-9(17)6-11/h1-3,6-8H,4-5H2. The third-order valence-corrected chi connectivity index (χ3v) is 3.32. The number of hydrogen-bond donors (Lipinski definition) is 0. The molecule has 1 heterocycles. The van der Waals surface area contributed by atoms with Crippen molar-refractivity contribution >= 4 is 22.6 Å². The number of nitrogens with zero attached hydrogens (tertiary/aromatic N) is 2. The fourth-order valence-corrected chi connectivity index (χ4v) is 2.48. The Morgan fingerprint density at radius 2 is 1.86 bits per heavy atom. The summed E-state index contributed by atoms with van der Waals surface area (Å²) in [7, 11) is 0. The van der Waals surface area contributed by atoms with Gasteiger partial charge in [-0.2, -0.15) is 0 Å². The van der Waals surface area contributed by atoms with E-state index in [0.717, 1.165) is 6.07 Å². The quantitative estimate of drug-likeness (QED) is 0.662. The zero-order valence-electron chi connectivity index (χ0n) is 10.8. The van der Waals surface area contributed by atoms with Crippen molar-refractivity contribution in [2.45, 2.75) is 6.42 Å². The van der Waals surface area contributed by atoms with Gasteiger partial charge < -0.3 is 0 Å². The highest BCUT2D eigenvalue weighted by atomic mass is 35.5. The molecule has 0 atom stereocenters. The van der Waals surface area contributed by atoms with Gasteiger partial charge in [-0.15, -0.1) is 11.6 Å². The first-order valence-corrected chi connectivity index (χ1v) is 6.82. The van der Waals surface area contributed by atoms with Crippen molar-refractivity contribution in [3.63, 3.8) is 0 Å². The molecular weight excluding hydrogens is 301 g/mol. The summed E-state index contributed by atoms with van der Waals surface area (Å²) in [6.45, 7) is 0. The molecule has 0 amide bonds. The van der Waals surface area contributed by atoms with Crippen molar-refractivity contribution in [1.29, 1.82) is 0 Å². The van der Waals surface area contributed by atoms with Crippen LogP contribution in [-0.4, -0.2) is 15.4 Å². The molecule has 0 saturated heterocycles. The average Bonchev–Trinajstić information content (AvgIpc) is 2.77. The number of aromatic nitrogens is 2. The summed E-state index contributed by atoms with van der Waals surface area (Å²) in [4.78, 5) is 4.16. The van der Waals surface area contributed by atoms with Gasteiger partial charge in [-0.05, 0) is 18.2 Å². The van der Waals surface area contributed by atoms with Crippen molar-refractivity contribution in [2.75, 3.05) is 5.88 Å². The monoisotopic (exact) mass is 310 g/mol. The van der Waals surface area contributed by atoms with Crippen LogP contribution >= 0.6 is 11.6 Å². The fraction of sp³-hybridized carbons (Fsp3) is 0.133. The van der Waals surface area contributed by atoms with Crippen molar-refractivity contribution in [1.82, 2.24) is 9.55 Å². The van der Waals surface area contributed by atoms with Crippen LogP contribution in [0.5, 0.6) is 0 Å². The number of imidazole rings is 1. The third-order valence-electron chi connectivity index (χ3n) is 3.13. The van der Waals surface area contributed by atoms with Crippen molar-refractivity contribution in [3.8, 4) is 5.69 Å². The van der Waals surface area contributed by atoms with E-state index < -0.39 is 17.5 Å². The van der Waals surface area contributed by atoms with Crippen LogP contribution in [0.3, 0.4) is 0 Å². The molecule has 0 N–H and O–H groups in total. The maximum absolute atomic E-state index is 13.9. The van der Waals surface area contributed by atoms with Gasteiger partial charge in [0.05, 0.1) is 11.2 Å². The van der Waals surface area contributed by atoms with Crippen LogP contribution in [0.25, 0.3) is 16.7 Å². The molecule has 2 nitrogen and oxygen atoms in total. The van der Waals surface area contributed by atoms with Gasteiger partial charge in [0.25, 0.3) is 0 Å². The molecule has 3 aromatic rings. The molecule has 21 heavy (non-hydrogen) atoms. The van der Waals surface area contributed by atoms with Crippen LogP contribution in [0.15, 0.2) is 36.4 Å². The highest BCUT2D eigenvalue weighted by molar-refractivity contribution is 6.17. The van der Waals surface area contributed by atoms with E-state index in [0.29, 0.717) is 17.9 Å². The number of aryl methyl sites for hydroxylation is 1. The van der Waals surface area contributed by atoms with Crippen LogP contribution in [0.1, 0.15) is 5.82 Å². The number of hydrogen-bond acceptors (Lipinski definition) is 1. The molecule has 0 fully saturated rings. The number of rotatable bonds is 3. The molecule has 108 valence electrons. The van der Waals surface area contributed by atoms with Gasteiger partial charge in [-0.3, -0.25) is 4.57 Å². The third kappa shape index (κ3) is 2.49. The molecule has 0 spiro atoms. The normalized spacial score (nSPS) is 11.2. The highest BCUT2D eigenvalue weighted by Gasteiger charge is 2.16. The lowest BCUT2D eigenvalue weighted by Gasteiger charge is -2.08. The molecule has 0 bridgehead atoms. The average molecular weight is 311 g/mol. The summed E-state index contributed by atoms with van der Waals surface area (Å²) < 4.78 is 42.3. The number of halogens is 4. The van der Waals surface area contributed by atoms with Gasteiger partial charge in [0, 0.05) is 24.4 Å². The molecule has 6 heteroatoms. The van der Waals surface area contributed by atoms with E-state index in [-0.39, 0.29) is 16.9 Å². The minimum Gasteiger partial charge on any atom is -0.296 e. The van der Waals surface area contributed by atoms with Gasteiger partial charge in [-0.25, -0.2) is 18.2 Å². The first kappa shape index (κ1) is 13.9. The Kier molecular flexibility index (Phi) is 3.59. The topological polar surface area (TPSA) is 17.8 Å². The van der Waals surface area contributed by atoms with E-state index in [9.17, 15) is 13.2 Å². The second kappa shape index (κ2) is 5.41. The van der Waals surface area contributed by atoms with Crippen LogP contribution in [-0.2, 0) is 6.42 Å². The summed E-state index contributed by atoms with van der Waals surface area (Å²) in [6, 6.07) is 7.69. The Hall–Kier alpha value is -2.01. The van der Waals surface area contributed by atoms with E-state index in [1.54, 1.807) is 6.07 Å². The first-order valence-electron chi connectivity index (χ1n) is 6.28. The second-order valence-corrected chi connectivity index (χ2v) is 4.92. The van der Waals surface area contributed by atoms with Crippen LogP contribution < -0.4 is 0 Å². The summed E-state index contributed by atoms with van der Waals surface area (Å²) in [6.07, 6.45) is 0.355. The first-order chi connectivity index (χ1) is 10.1. The Balaban J connectivity index is 2.35. The smallest absolute Gasteiger partial charge is 0.153 e. The number of alkyl halides is 1. The molecule has 0 radical (unpaired) electrons. The van der Waals surface area contributed by atoms with E-state index >= 15 is 0 Å². The zero-order valence-corrected chi connectivity index (χ0v) is 11.5. The zero-order chi connectivity index (χ0) is 15.0. The largest absolute Gasteiger partial charge is 0.296 e. The molecule has 3 rings (SSSR count). The Morgan fingerprint density at radius 3 is 2.57 bits per heavy atom. The minimum atomic E-state index is -0.754. The SMILES string of the molecule is Fc1cccc(-n2c(CCCl)nc3c(F)cc(F)cc32)c1. The van der Waals surface area contributed by atoms with Crippen LogP contribution in [0.4, 0.5) is 13.2 Å². The lowest BCUT2D eigenvalue weighted by atomic mass is 10.2. The predicted molar refractivity (Wildman–Crippen MR) is 75.4 cm³/mol. The van der Waals surface area contributed by atoms with Crippen molar-refractivity contribution in [3.05, 3.63) is 59.7 Å². The molecule has 0 unspecified atom stereocenters. The molecule has 0 aliphatic rings. The lowest BCUT2D eigenvalue weighted by molar-refractivity contribution is 0.590. The van der Waals surface area contributed by atoms with Gasteiger partial charge in [0.2, 0.25) is 0 Å². The Morgan fingerprint density at radius 1 is 1.05 bits per heavy atom. The Labute approximate surface area is 123 Å². The molecule has 0 aliphatic heterocycles. The summed E-state index contributed by atoms with van der Waals surface area (Å²) >= 11 is 5.73. The highest BCUT2D eigenvalue weighted by Crippen LogP contribution is 2.25. The minimum absolute atomic E-state index is 0.0424. The van der Waals surface area contributed by atoms with E-state index in [1.807, 2.05) is 0 Å². The molecule has 0 aliphatic carbocycles. The van der Waals surface area contributed by atoms with Crippen LogP contribution in [0, 0.1) is 17.5 Å². The van der Waals surface area contributed by atoms with Gasteiger partial charge in [0.1, 0.15) is 23.0 Å². The van der Waals surface area contributed by atoms with Gasteiger partial charge in [-0.1, -0.05) is 6.07 Å². The van der Waals surface area contributed by atoms with Crippen molar-refractivity contribution in [2.24, 2.45) is 0 Å². The van der Waals surface area contributed by atoms with Gasteiger partial charge >= 0.3 is 0 Å². The van der Waals surface area contributed by atoms with E-state index in [1.165, 1.54) is 28.8 Å². The van der Waals surface area contributed by atoms with Gasteiger partial charge in [0.15, 0.2) is 5.82 Å². The molecule has 0 saturated carbocycles. The fourth-order valence-electron chi connectivity index (χ4n) is 2.31. The van der Waals surface area contributed by atoms with Crippen molar-refractivity contribution < 1.29 is 13.2 Å². The summed E-state index contributed by atoms with van der Waals surface area (Å²) in [5.41, 5.74) is 0.738. The van der Waals surface area contributed by atoms with E-state index in [2.05, 4.69) is 4.98 Å².